The number of amides is 1. The molecule has 0 aliphatic carbocycles. The van der Waals surface area contributed by atoms with Gasteiger partial charge in [-0.05, 0) is 37.6 Å². The van der Waals surface area contributed by atoms with Crippen LogP contribution < -0.4 is 5.32 Å². The van der Waals surface area contributed by atoms with E-state index in [2.05, 4.69) is 5.32 Å². The Bertz CT molecular complexity index is 799. The number of hydrogen-bond donors (Lipinski definition) is 1. The summed E-state index contributed by atoms with van der Waals surface area (Å²) < 4.78 is 6.99. The van der Waals surface area contributed by atoms with Gasteiger partial charge in [-0.15, -0.1) is 0 Å². The first kappa shape index (κ1) is 23.8. The largest absolute Gasteiger partial charge is 0.466 e. The van der Waals surface area contributed by atoms with Gasteiger partial charge in [0.1, 0.15) is 5.69 Å². The van der Waals surface area contributed by atoms with Crippen LogP contribution in [0.4, 0.5) is 0 Å². The molecule has 1 aromatic carbocycles. The lowest BCUT2D eigenvalue weighted by atomic mass is 10.1. The van der Waals surface area contributed by atoms with Crippen molar-refractivity contribution in [1.29, 1.82) is 0 Å². The van der Waals surface area contributed by atoms with Crippen molar-refractivity contribution in [3.05, 3.63) is 46.7 Å². The third-order valence-electron chi connectivity index (χ3n) is 4.23. The maximum atomic E-state index is 12.2. The van der Waals surface area contributed by atoms with Crippen molar-refractivity contribution in [2.24, 2.45) is 0 Å². The molecular weight excluding hydrogens is 376 g/mol. The molecular formula is C22H31ClN2O3. The van der Waals surface area contributed by atoms with Crippen LogP contribution in [0.1, 0.15) is 63.3 Å². The van der Waals surface area contributed by atoms with Crippen molar-refractivity contribution >= 4 is 23.5 Å². The maximum absolute atomic E-state index is 12.2. The fourth-order valence-corrected chi connectivity index (χ4v) is 3.37. The molecule has 5 nitrogen and oxygen atoms in total. The number of nitrogens with one attached hydrogen (secondary N) is 1. The van der Waals surface area contributed by atoms with Crippen molar-refractivity contribution in [2.75, 3.05) is 13.2 Å². The number of aromatic nitrogens is 1. The molecule has 1 unspecified atom stereocenters. The van der Waals surface area contributed by atoms with Crippen LogP contribution in [0.3, 0.4) is 0 Å². The van der Waals surface area contributed by atoms with E-state index in [0.717, 1.165) is 16.8 Å². The van der Waals surface area contributed by atoms with Crippen molar-refractivity contribution in [3.63, 3.8) is 0 Å². The van der Waals surface area contributed by atoms with Gasteiger partial charge < -0.3 is 14.6 Å². The summed E-state index contributed by atoms with van der Waals surface area (Å²) in [5.74, 6) is -0.395. The second kappa shape index (κ2) is 11.5. The molecule has 0 bridgehead atoms. The Hall–Kier alpha value is -2.27. The van der Waals surface area contributed by atoms with Gasteiger partial charge >= 0.3 is 5.97 Å². The Morgan fingerprint density at radius 2 is 1.93 bits per heavy atom. The second-order valence-corrected chi connectivity index (χ2v) is 6.22. The summed E-state index contributed by atoms with van der Waals surface area (Å²) in [6.45, 7) is 12.5. The lowest BCUT2D eigenvalue weighted by Crippen LogP contribution is -2.40. The number of esters is 1. The van der Waals surface area contributed by atoms with Crippen LogP contribution in [0.2, 0.25) is 5.02 Å². The van der Waals surface area contributed by atoms with Crippen LogP contribution in [0.25, 0.3) is 11.1 Å². The van der Waals surface area contributed by atoms with Gasteiger partial charge in [0.15, 0.2) is 0 Å². The molecule has 1 aliphatic rings. The summed E-state index contributed by atoms with van der Waals surface area (Å²) in [5, 5.41) is 3.49. The molecule has 3 rings (SSSR count). The zero-order chi connectivity index (χ0) is 21.3. The Labute approximate surface area is 173 Å². The molecule has 2 heterocycles. The van der Waals surface area contributed by atoms with E-state index < -0.39 is 0 Å². The number of fused-ring (bicyclic) bond motifs is 1. The fraction of sp³-hybridized carbons (Fsp3) is 0.455. The van der Waals surface area contributed by atoms with Crippen LogP contribution >= 0.6 is 11.6 Å². The molecule has 0 saturated carbocycles. The molecule has 2 aromatic rings. The molecule has 1 atom stereocenters. The fourth-order valence-electron chi connectivity index (χ4n) is 3.18. The lowest BCUT2D eigenvalue weighted by Gasteiger charge is -2.27. The minimum atomic E-state index is -0.262. The molecule has 1 aliphatic heterocycles. The van der Waals surface area contributed by atoms with E-state index >= 15 is 0 Å². The molecule has 1 N–H and O–H groups in total. The molecule has 1 amide bonds. The van der Waals surface area contributed by atoms with Gasteiger partial charge in [-0.1, -0.05) is 51.4 Å². The number of halogens is 1. The van der Waals surface area contributed by atoms with Crippen molar-refractivity contribution in [2.45, 2.75) is 54.0 Å². The van der Waals surface area contributed by atoms with Crippen LogP contribution in [0.5, 0.6) is 0 Å². The highest BCUT2D eigenvalue weighted by molar-refractivity contribution is 6.30. The van der Waals surface area contributed by atoms with E-state index in [0.29, 0.717) is 23.9 Å². The number of carbonyl (C=O) groups is 2. The minimum Gasteiger partial charge on any atom is -0.466 e. The topological polar surface area (TPSA) is 60.3 Å². The summed E-state index contributed by atoms with van der Waals surface area (Å²) in [6, 6.07) is 9.22. The van der Waals surface area contributed by atoms with Gasteiger partial charge in [-0.3, -0.25) is 9.59 Å². The Morgan fingerprint density at radius 3 is 2.54 bits per heavy atom. The summed E-state index contributed by atoms with van der Waals surface area (Å²) in [5.41, 5.74) is 3.39. The first-order chi connectivity index (χ1) is 13.5. The Balaban J connectivity index is 0.000000921. The standard InChI is InChI=1S/C18H19ClN2O3.2C2H6/c1-3-24-17(22)8-14-10-20-18(23)16-9-15(11(2)21(14)16)12-5-4-6-13(19)7-12;2*1-2/h4-7,9,14H,3,8,10H2,1-2H3,(H,20,23);2*1-2H3. The zero-order valence-corrected chi connectivity index (χ0v) is 18.4. The molecule has 28 heavy (non-hydrogen) atoms. The molecule has 6 heteroatoms. The number of nitrogens with zero attached hydrogens (tertiary/aromatic N) is 1. The van der Waals surface area contributed by atoms with Gasteiger partial charge in [-0.2, -0.15) is 0 Å². The van der Waals surface area contributed by atoms with Crippen molar-refractivity contribution in [1.82, 2.24) is 9.88 Å². The van der Waals surface area contributed by atoms with Crippen LogP contribution in [-0.2, 0) is 9.53 Å². The number of rotatable bonds is 4. The number of hydrogen-bond acceptors (Lipinski definition) is 3. The smallest absolute Gasteiger partial charge is 0.307 e. The minimum absolute atomic E-state index is 0.133. The van der Waals surface area contributed by atoms with E-state index in [-0.39, 0.29) is 24.3 Å². The van der Waals surface area contributed by atoms with E-state index in [1.54, 1.807) is 6.92 Å². The number of ether oxygens (including phenoxy) is 1. The SMILES string of the molecule is CC.CC.CCOC(=O)CC1CNC(=O)c2cc(-c3cccc(Cl)c3)c(C)n21. The van der Waals surface area contributed by atoms with Gasteiger partial charge in [0.25, 0.3) is 5.91 Å². The summed E-state index contributed by atoms with van der Waals surface area (Å²) >= 11 is 6.09. The Morgan fingerprint density at radius 1 is 1.25 bits per heavy atom. The predicted octanol–water partition coefficient (Wildman–Crippen LogP) is 5.41. The zero-order valence-electron chi connectivity index (χ0n) is 17.6. The van der Waals surface area contributed by atoms with E-state index in [9.17, 15) is 9.59 Å². The third kappa shape index (κ3) is 5.38. The monoisotopic (exact) mass is 406 g/mol. The highest BCUT2D eigenvalue weighted by Crippen LogP contribution is 2.33. The van der Waals surface area contributed by atoms with E-state index in [4.69, 9.17) is 16.3 Å². The van der Waals surface area contributed by atoms with Gasteiger partial charge in [0.05, 0.1) is 19.1 Å². The van der Waals surface area contributed by atoms with Crippen molar-refractivity contribution < 1.29 is 14.3 Å². The maximum Gasteiger partial charge on any atom is 0.307 e. The predicted molar refractivity (Wildman–Crippen MR) is 115 cm³/mol. The van der Waals surface area contributed by atoms with E-state index in [1.807, 2.05) is 69.5 Å². The first-order valence-electron chi connectivity index (χ1n) is 9.92. The molecule has 1 aromatic heterocycles. The lowest BCUT2D eigenvalue weighted by molar-refractivity contribution is -0.144. The number of carbonyl (C=O) groups excluding carboxylic acids is 2. The normalized spacial score (nSPS) is 14.5. The molecule has 0 radical (unpaired) electrons. The average molecular weight is 407 g/mol. The average Bonchev–Trinajstić information content (AvgIpc) is 3.06. The van der Waals surface area contributed by atoms with Crippen molar-refractivity contribution in [3.8, 4) is 11.1 Å². The molecule has 0 saturated heterocycles. The summed E-state index contributed by atoms with van der Waals surface area (Å²) in [7, 11) is 0. The summed E-state index contributed by atoms with van der Waals surface area (Å²) in [6.07, 6.45) is 0.228. The molecule has 0 spiro atoms. The summed E-state index contributed by atoms with van der Waals surface area (Å²) in [4.78, 5) is 24.1. The highest BCUT2D eigenvalue weighted by Gasteiger charge is 2.30. The highest BCUT2D eigenvalue weighted by atomic mass is 35.5. The van der Waals surface area contributed by atoms with Crippen LogP contribution in [0, 0.1) is 6.92 Å². The van der Waals surface area contributed by atoms with Gasteiger partial charge in [0, 0.05) is 22.8 Å². The number of benzene rings is 1. The Kier molecular flexibility index (Phi) is 9.80. The molecule has 154 valence electrons. The quantitative estimate of drug-likeness (QED) is 0.691. The van der Waals surface area contributed by atoms with E-state index in [1.165, 1.54) is 0 Å². The van der Waals surface area contributed by atoms with Gasteiger partial charge in [0.2, 0.25) is 0 Å². The van der Waals surface area contributed by atoms with Crippen LogP contribution in [-0.4, -0.2) is 29.6 Å². The van der Waals surface area contributed by atoms with Crippen LogP contribution in [0.15, 0.2) is 30.3 Å². The molecule has 0 fully saturated rings. The first-order valence-corrected chi connectivity index (χ1v) is 10.3. The second-order valence-electron chi connectivity index (χ2n) is 5.78. The third-order valence-corrected chi connectivity index (χ3v) is 4.47. The van der Waals surface area contributed by atoms with Gasteiger partial charge in [-0.25, -0.2) is 0 Å².